The van der Waals surface area contributed by atoms with Gasteiger partial charge < -0.3 is 10.2 Å². The van der Waals surface area contributed by atoms with Gasteiger partial charge in [-0.3, -0.25) is 4.90 Å². The third-order valence-electron chi connectivity index (χ3n) is 4.51. The van der Waals surface area contributed by atoms with Crippen molar-refractivity contribution in [1.29, 1.82) is 0 Å². The zero-order valence-corrected chi connectivity index (χ0v) is 12.6. The molecule has 1 fully saturated rings. The van der Waals surface area contributed by atoms with E-state index in [2.05, 4.69) is 4.98 Å². The fourth-order valence-corrected chi connectivity index (χ4v) is 4.71. The van der Waals surface area contributed by atoms with E-state index in [1.165, 1.54) is 0 Å². The van der Waals surface area contributed by atoms with Gasteiger partial charge in [-0.2, -0.15) is 0 Å². The molecule has 0 radical (unpaired) electrons. The van der Waals surface area contributed by atoms with E-state index >= 15 is 0 Å². The molecule has 0 saturated carbocycles. The number of hydrogen-bond acceptors (Lipinski definition) is 6. The van der Waals surface area contributed by atoms with Gasteiger partial charge in [0.15, 0.2) is 0 Å². The highest BCUT2D eigenvalue weighted by atomic mass is 32.2. The molecule has 2 aliphatic heterocycles. The van der Waals surface area contributed by atoms with Crippen LogP contribution in [-0.4, -0.2) is 52.8 Å². The third kappa shape index (κ3) is 3.20. The molecule has 1 saturated heterocycles. The van der Waals surface area contributed by atoms with Crippen LogP contribution in [0.25, 0.3) is 0 Å². The maximum Gasteiger partial charge on any atom is 0.210 e. The van der Waals surface area contributed by atoms with Gasteiger partial charge in [-0.1, -0.05) is 0 Å². The molecule has 3 heterocycles. The number of pyridine rings is 1. The van der Waals surface area contributed by atoms with Gasteiger partial charge in [0, 0.05) is 31.3 Å². The molecule has 0 amide bonds. The average Bonchev–Trinajstić information content (AvgIpc) is 2.46. The number of sulfone groups is 1. The van der Waals surface area contributed by atoms with Crippen LogP contribution in [0.15, 0.2) is 12.3 Å². The summed E-state index contributed by atoms with van der Waals surface area (Å²) in [5.41, 5.74) is 2.08. The fourth-order valence-electron chi connectivity index (χ4n) is 3.18. The van der Waals surface area contributed by atoms with Crippen LogP contribution in [0.4, 0.5) is 0 Å². The lowest BCUT2D eigenvalue weighted by Crippen LogP contribution is -2.45. The lowest BCUT2D eigenvalue weighted by Gasteiger charge is -2.37. The van der Waals surface area contributed by atoms with E-state index in [0.29, 0.717) is 25.9 Å². The van der Waals surface area contributed by atoms with E-state index in [1.54, 1.807) is 12.3 Å². The maximum atomic E-state index is 11.5. The Labute approximate surface area is 124 Å². The van der Waals surface area contributed by atoms with E-state index in [-0.39, 0.29) is 23.3 Å². The zero-order valence-electron chi connectivity index (χ0n) is 11.8. The largest absolute Gasteiger partial charge is 0.493 e. The molecule has 2 aliphatic rings. The monoisotopic (exact) mass is 312 g/mol. The predicted molar refractivity (Wildman–Crippen MR) is 77.4 cm³/mol. The van der Waals surface area contributed by atoms with Crippen molar-refractivity contribution < 1.29 is 18.6 Å². The molecular formula is C14H20N2O4S. The summed E-state index contributed by atoms with van der Waals surface area (Å²) in [6.07, 6.45) is 2.85. The first kappa shape index (κ1) is 14.7. The van der Waals surface area contributed by atoms with Gasteiger partial charge >= 0.3 is 0 Å². The molecule has 3 rings (SSSR count). The van der Waals surface area contributed by atoms with Crippen molar-refractivity contribution >= 4 is 9.84 Å². The second-order valence-electron chi connectivity index (χ2n) is 5.93. The Morgan fingerprint density at radius 1 is 1.29 bits per heavy atom. The number of aromatic nitrogens is 1. The van der Waals surface area contributed by atoms with E-state index in [1.807, 2.05) is 4.90 Å². The number of aliphatic hydroxyl groups is 1. The van der Waals surface area contributed by atoms with Crippen LogP contribution in [-0.2, 0) is 22.8 Å². The molecule has 2 N–H and O–H groups in total. The van der Waals surface area contributed by atoms with Crippen LogP contribution >= 0.6 is 0 Å². The standard InChI is InChI=1S/C14H20N2O4S/c17-13-7-11-1-4-16(9-12(11)8-15-13)14(18)10-2-5-21(19,20)6-3-10/h7-8,10,14,18H,1-6,9H2,(H,15,17). The van der Waals surface area contributed by atoms with Crippen LogP contribution in [0, 0.1) is 5.92 Å². The molecule has 6 nitrogen and oxygen atoms in total. The van der Waals surface area contributed by atoms with Gasteiger partial charge in [0.1, 0.15) is 16.1 Å². The molecule has 0 bridgehead atoms. The number of hydrogen-bond donors (Lipinski definition) is 2. The van der Waals surface area contributed by atoms with Crippen LogP contribution < -0.4 is 0 Å². The molecular weight excluding hydrogens is 292 g/mol. The molecule has 1 aromatic heterocycles. The first-order chi connectivity index (χ1) is 9.94. The highest BCUT2D eigenvalue weighted by Gasteiger charge is 2.33. The molecule has 7 heteroatoms. The fraction of sp³-hybridized carbons (Fsp3) is 0.643. The molecule has 21 heavy (non-hydrogen) atoms. The molecule has 0 spiro atoms. The van der Waals surface area contributed by atoms with E-state index < -0.39 is 16.1 Å². The molecule has 0 aliphatic carbocycles. The molecule has 0 aromatic carbocycles. The smallest absolute Gasteiger partial charge is 0.210 e. The number of aromatic hydroxyl groups is 1. The van der Waals surface area contributed by atoms with Crippen molar-refractivity contribution in [2.75, 3.05) is 18.1 Å². The van der Waals surface area contributed by atoms with Gasteiger partial charge in [0.05, 0.1) is 11.5 Å². The van der Waals surface area contributed by atoms with Crippen LogP contribution in [0.5, 0.6) is 5.88 Å². The Bertz CT molecular complexity index is 618. The van der Waals surface area contributed by atoms with Crippen LogP contribution in [0.1, 0.15) is 24.0 Å². The summed E-state index contributed by atoms with van der Waals surface area (Å²) < 4.78 is 22.9. The Morgan fingerprint density at radius 2 is 2.00 bits per heavy atom. The zero-order chi connectivity index (χ0) is 15.0. The lowest BCUT2D eigenvalue weighted by atomic mass is 9.96. The number of aliphatic hydroxyl groups excluding tert-OH is 1. The number of fused-ring (bicyclic) bond motifs is 1. The van der Waals surface area contributed by atoms with Crippen LogP contribution in [0.2, 0.25) is 0 Å². The summed E-state index contributed by atoms with van der Waals surface area (Å²) in [5, 5.41) is 19.9. The molecule has 1 aromatic rings. The van der Waals surface area contributed by atoms with Gasteiger partial charge in [-0.25, -0.2) is 13.4 Å². The van der Waals surface area contributed by atoms with Gasteiger partial charge in [-0.05, 0) is 30.4 Å². The number of nitrogens with zero attached hydrogens (tertiary/aromatic N) is 2. The summed E-state index contributed by atoms with van der Waals surface area (Å²) >= 11 is 0. The lowest BCUT2D eigenvalue weighted by molar-refractivity contribution is -0.0508. The van der Waals surface area contributed by atoms with Crippen molar-refractivity contribution in [1.82, 2.24) is 9.88 Å². The Morgan fingerprint density at radius 3 is 2.71 bits per heavy atom. The van der Waals surface area contributed by atoms with E-state index in [4.69, 9.17) is 0 Å². The van der Waals surface area contributed by atoms with Crippen molar-refractivity contribution in [3.8, 4) is 5.88 Å². The second-order valence-corrected chi connectivity index (χ2v) is 8.24. The van der Waals surface area contributed by atoms with Gasteiger partial charge in [0.25, 0.3) is 0 Å². The van der Waals surface area contributed by atoms with Crippen molar-refractivity contribution in [2.24, 2.45) is 5.92 Å². The van der Waals surface area contributed by atoms with E-state index in [9.17, 15) is 18.6 Å². The minimum atomic E-state index is -2.90. The minimum Gasteiger partial charge on any atom is -0.493 e. The van der Waals surface area contributed by atoms with Gasteiger partial charge in [-0.15, -0.1) is 0 Å². The minimum absolute atomic E-state index is 0.0140. The summed E-state index contributed by atoms with van der Waals surface area (Å²) in [6.45, 7) is 1.30. The van der Waals surface area contributed by atoms with Crippen molar-refractivity contribution in [3.05, 3.63) is 23.4 Å². The quantitative estimate of drug-likeness (QED) is 0.815. The Balaban J connectivity index is 1.67. The average molecular weight is 312 g/mol. The van der Waals surface area contributed by atoms with Crippen molar-refractivity contribution in [2.45, 2.75) is 32.0 Å². The Hall–Kier alpha value is -1.18. The number of rotatable bonds is 2. The van der Waals surface area contributed by atoms with E-state index in [0.717, 1.165) is 17.5 Å². The van der Waals surface area contributed by atoms with Gasteiger partial charge in [0.2, 0.25) is 5.88 Å². The SMILES string of the molecule is O=S1(=O)CCC(C(O)N2CCc3cc(O)ncc3C2)CC1. The van der Waals surface area contributed by atoms with Crippen LogP contribution in [0.3, 0.4) is 0 Å². The third-order valence-corrected chi connectivity index (χ3v) is 6.22. The second kappa shape index (κ2) is 5.55. The first-order valence-electron chi connectivity index (χ1n) is 7.24. The predicted octanol–water partition coefficient (Wildman–Crippen LogP) is 0.288. The summed E-state index contributed by atoms with van der Waals surface area (Å²) in [7, 11) is -2.90. The highest BCUT2D eigenvalue weighted by Crippen LogP contribution is 2.28. The summed E-state index contributed by atoms with van der Waals surface area (Å²) in [4.78, 5) is 5.86. The Kier molecular flexibility index (Phi) is 3.90. The summed E-state index contributed by atoms with van der Waals surface area (Å²) in [5.74, 6) is 0.392. The summed E-state index contributed by atoms with van der Waals surface area (Å²) in [6, 6.07) is 1.67. The van der Waals surface area contributed by atoms with Crippen molar-refractivity contribution in [3.63, 3.8) is 0 Å². The molecule has 116 valence electrons. The molecule has 1 atom stereocenters. The topological polar surface area (TPSA) is 90.7 Å². The highest BCUT2D eigenvalue weighted by molar-refractivity contribution is 7.91. The maximum absolute atomic E-state index is 11.5. The first-order valence-corrected chi connectivity index (χ1v) is 9.06. The molecule has 1 unspecified atom stereocenters. The normalized spacial score (nSPS) is 24.4.